The summed E-state index contributed by atoms with van der Waals surface area (Å²) < 4.78 is 6.34. The van der Waals surface area contributed by atoms with Gasteiger partial charge in [-0.1, -0.05) is 33.3 Å². The highest BCUT2D eigenvalue weighted by Crippen LogP contribution is 2.66. The van der Waals surface area contributed by atoms with Crippen molar-refractivity contribution in [2.45, 2.75) is 70.4 Å². The van der Waals surface area contributed by atoms with E-state index in [1.165, 1.54) is 36.9 Å². The molecule has 4 heteroatoms. The third kappa shape index (κ3) is 1.84. The van der Waals surface area contributed by atoms with Gasteiger partial charge in [0, 0.05) is 29.0 Å². The Bertz CT molecular complexity index is 873. The number of Topliss-reactive ketones (excluding diaryl/α,β-unsaturated/α-hetero) is 1. The number of carbonyl (C=O) groups is 1. The van der Waals surface area contributed by atoms with E-state index in [9.17, 15) is 9.90 Å². The van der Waals surface area contributed by atoms with Crippen LogP contribution in [0.2, 0.25) is 0 Å². The lowest BCUT2D eigenvalue weighted by Crippen LogP contribution is -2.72. The first-order valence-corrected chi connectivity index (χ1v) is 11.2. The average Bonchev–Trinajstić information content (AvgIpc) is 2.97. The summed E-state index contributed by atoms with van der Waals surface area (Å²) in [6, 6.07) is 4.34. The van der Waals surface area contributed by atoms with Gasteiger partial charge in [-0.2, -0.15) is 0 Å². The lowest BCUT2D eigenvalue weighted by Gasteiger charge is -2.63. The minimum Gasteiger partial charge on any atom is -0.504 e. The van der Waals surface area contributed by atoms with Gasteiger partial charge in [0.25, 0.3) is 0 Å². The predicted molar refractivity (Wildman–Crippen MR) is 107 cm³/mol. The number of hydrogen-bond acceptors (Lipinski definition) is 4. The molecule has 1 saturated heterocycles. The van der Waals surface area contributed by atoms with Gasteiger partial charge in [0.1, 0.15) is 0 Å². The molecule has 1 unspecified atom stereocenters. The van der Waals surface area contributed by atoms with Crippen molar-refractivity contribution in [1.29, 1.82) is 0 Å². The van der Waals surface area contributed by atoms with E-state index in [2.05, 4.69) is 31.7 Å². The van der Waals surface area contributed by atoms with Crippen LogP contribution in [0, 0.1) is 23.2 Å². The van der Waals surface area contributed by atoms with Crippen LogP contribution in [-0.2, 0) is 16.6 Å². The lowest BCUT2D eigenvalue weighted by molar-refractivity contribution is -0.163. The molecule has 1 aromatic carbocycles. The third-order valence-electron chi connectivity index (χ3n) is 9.38. The predicted octanol–water partition coefficient (Wildman–Crippen LogP) is 3.68. The van der Waals surface area contributed by atoms with Gasteiger partial charge in [0.05, 0.1) is 0 Å². The second kappa shape index (κ2) is 5.33. The second-order valence-corrected chi connectivity index (χ2v) is 10.7. The molecule has 0 radical (unpaired) electrons. The van der Waals surface area contributed by atoms with E-state index in [1.807, 2.05) is 0 Å². The fourth-order valence-electron chi connectivity index (χ4n) is 7.39. The molecule has 6 rings (SSSR count). The highest BCUT2D eigenvalue weighted by molar-refractivity contribution is 5.93. The molecular weight excluding hydrogens is 350 g/mol. The van der Waals surface area contributed by atoms with E-state index in [-0.39, 0.29) is 16.9 Å². The molecule has 2 saturated carbocycles. The van der Waals surface area contributed by atoms with Crippen LogP contribution < -0.4 is 4.74 Å². The maximum absolute atomic E-state index is 13.6. The summed E-state index contributed by atoms with van der Waals surface area (Å²) in [5, 5.41) is 10.6. The molecule has 150 valence electrons. The van der Waals surface area contributed by atoms with E-state index >= 15 is 0 Å². The molecule has 1 spiro atoms. The van der Waals surface area contributed by atoms with Crippen molar-refractivity contribution < 1.29 is 14.6 Å². The van der Waals surface area contributed by atoms with Crippen molar-refractivity contribution in [2.75, 3.05) is 13.1 Å². The smallest absolute Gasteiger partial charge is 0.180 e. The molecule has 0 aromatic heterocycles. The van der Waals surface area contributed by atoms with Gasteiger partial charge in [0.2, 0.25) is 0 Å². The first-order chi connectivity index (χ1) is 13.4. The molecule has 1 aromatic rings. The van der Waals surface area contributed by atoms with E-state index < -0.39 is 11.5 Å². The molecule has 2 heterocycles. The molecule has 3 fully saturated rings. The van der Waals surface area contributed by atoms with E-state index in [4.69, 9.17) is 4.74 Å². The first-order valence-electron chi connectivity index (χ1n) is 11.2. The van der Waals surface area contributed by atoms with Crippen LogP contribution in [0.5, 0.6) is 11.5 Å². The standard InChI is InChI=1S/C24H31NO3/c1-13-18-16-11-15-7-8-17(26)20-19(15)24(18,22(28-20)21(27)23(13,2)3)9-10-25(16)12-14-5-4-6-14/h7-8,13-14,16,18,22,26H,4-6,9-12H2,1-3H3/t13-,16-,18?,22+,24+/m1/s1. The molecule has 5 aliphatic rings. The van der Waals surface area contributed by atoms with Crippen LogP contribution in [-0.4, -0.2) is 41.0 Å². The Morgan fingerprint density at radius 3 is 2.79 bits per heavy atom. The number of carbonyl (C=O) groups excluding carboxylic acids is 1. The Hall–Kier alpha value is -1.55. The van der Waals surface area contributed by atoms with Crippen molar-refractivity contribution in [3.8, 4) is 11.5 Å². The van der Waals surface area contributed by atoms with E-state index in [1.54, 1.807) is 6.07 Å². The SMILES string of the molecule is C[C@@H]1C2[C@H]3Cc4ccc(O)c5c4[C@@]2(CCN3CC2CCC2)[C@@H](O5)C(=O)C1(C)C. The zero-order valence-electron chi connectivity index (χ0n) is 17.2. The molecule has 5 atom stereocenters. The number of piperidine rings is 1. The molecule has 1 N–H and O–H groups in total. The van der Waals surface area contributed by atoms with Crippen LogP contribution in [0.1, 0.15) is 57.6 Å². The molecular formula is C24H31NO3. The number of aromatic hydroxyl groups is 1. The lowest BCUT2D eigenvalue weighted by atomic mass is 9.44. The largest absolute Gasteiger partial charge is 0.504 e. The first kappa shape index (κ1) is 17.3. The summed E-state index contributed by atoms with van der Waals surface area (Å²) in [5.74, 6) is 2.61. The Morgan fingerprint density at radius 1 is 1.29 bits per heavy atom. The van der Waals surface area contributed by atoms with Gasteiger partial charge in [-0.3, -0.25) is 9.69 Å². The number of benzene rings is 1. The van der Waals surface area contributed by atoms with Crippen LogP contribution in [0.15, 0.2) is 12.1 Å². The summed E-state index contributed by atoms with van der Waals surface area (Å²) in [5.41, 5.74) is 1.84. The average molecular weight is 382 g/mol. The van der Waals surface area contributed by atoms with Gasteiger partial charge in [-0.25, -0.2) is 0 Å². The Balaban J connectivity index is 1.54. The number of phenols is 1. The van der Waals surface area contributed by atoms with Crippen molar-refractivity contribution in [2.24, 2.45) is 23.2 Å². The summed E-state index contributed by atoms with van der Waals surface area (Å²) >= 11 is 0. The van der Waals surface area contributed by atoms with Gasteiger partial charge in [0.15, 0.2) is 23.4 Å². The number of phenolic OH excluding ortho intramolecular Hbond substituents is 1. The fraction of sp³-hybridized carbons (Fsp3) is 0.708. The summed E-state index contributed by atoms with van der Waals surface area (Å²) in [4.78, 5) is 16.3. The van der Waals surface area contributed by atoms with Crippen molar-refractivity contribution in [1.82, 2.24) is 4.90 Å². The zero-order chi connectivity index (χ0) is 19.4. The quantitative estimate of drug-likeness (QED) is 0.849. The second-order valence-electron chi connectivity index (χ2n) is 10.7. The monoisotopic (exact) mass is 381 g/mol. The highest BCUT2D eigenvalue weighted by atomic mass is 16.5. The Morgan fingerprint density at radius 2 is 2.07 bits per heavy atom. The van der Waals surface area contributed by atoms with Gasteiger partial charge < -0.3 is 9.84 Å². The maximum Gasteiger partial charge on any atom is 0.180 e. The maximum atomic E-state index is 13.6. The molecule has 28 heavy (non-hydrogen) atoms. The Labute approximate surface area is 167 Å². The molecule has 2 aliphatic heterocycles. The number of ketones is 1. The minimum atomic E-state index is -0.431. The summed E-state index contributed by atoms with van der Waals surface area (Å²) in [6.07, 6.45) is 5.70. The number of nitrogens with zero attached hydrogens (tertiary/aromatic N) is 1. The van der Waals surface area contributed by atoms with Gasteiger partial charge >= 0.3 is 0 Å². The number of rotatable bonds is 2. The fourth-order valence-corrected chi connectivity index (χ4v) is 7.39. The zero-order valence-corrected chi connectivity index (χ0v) is 17.2. The molecule has 3 aliphatic carbocycles. The Kier molecular flexibility index (Phi) is 3.29. The van der Waals surface area contributed by atoms with E-state index in [0.29, 0.717) is 23.6 Å². The summed E-state index contributed by atoms with van der Waals surface area (Å²) in [6.45, 7) is 8.78. The van der Waals surface area contributed by atoms with Crippen molar-refractivity contribution in [3.63, 3.8) is 0 Å². The molecule has 4 nitrogen and oxygen atoms in total. The number of ether oxygens (including phenoxy) is 1. The van der Waals surface area contributed by atoms with Crippen LogP contribution in [0.3, 0.4) is 0 Å². The number of hydrogen-bond donors (Lipinski definition) is 1. The van der Waals surface area contributed by atoms with Crippen LogP contribution in [0.25, 0.3) is 0 Å². The van der Waals surface area contributed by atoms with Crippen molar-refractivity contribution >= 4 is 5.78 Å². The summed E-state index contributed by atoms with van der Waals surface area (Å²) in [7, 11) is 0. The molecule has 2 bridgehead atoms. The third-order valence-corrected chi connectivity index (χ3v) is 9.38. The van der Waals surface area contributed by atoms with E-state index in [0.717, 1.165) is 25.3 Å². The van der Waals surface area contributed by atoms with Gasteiger partial charge in [-0.15, -0.1) is 0 Å². The molecule has 0 amide bonds. The van der Waals surface area contributed by atoms with Crippen LogP contribution in [0.4, 0.5) is 0 Å². The number of likely N-dealkylation sites (tertiary alicyclic amines) is 1. The topological polar surface area (TPSA) is 49.8 Å². The van der Waals surface area contributed by atoms with Crippen LogP contribution >= 0.6 is 0 Å². The van der Waals surface area contributed by atoms with Crippen molar-refractivity contribution in [3.05, 3.63) is 23.3 Å². The van der Waals surface area contributed by atoms with Gasteiger partial charge in [-0.05, 0) is 61.6 Å². The highest BCUT2D eigenvalue weighted by Gasteiger charge is 2.71. The minimum absolute atomic E-state index is 0.204. The normalized spacial score (nSPS) is 40.6.